The Kier molecular flexibility index (Phi) is 6.65. The van der Waals surface area contributed by atoms with E-state index in [0.29, 0.717) is 17.1 Å². The lowest BCUT2D eigenvalue weighted by Crippen LogP contribution is -2.17. The number of nitrogens with one attached hydrogen (secondary N) is 1. The lowest BCUT2D eigenvalue weighted by atomic mass is 10.2. The molecular formula is C20H15N5O7. The van der Waals surface area contributed by atoms with Crippen LogP contribution in [0.4, 0.5) is 11.4 Å². The lowest BCUT2D eigenvalue weighted by Gasteiger charge is -2.10. The molecule has 3 aromatic rings. The van der Waals surface area contributed by atoms with Crippen molar-refractivity contribution in [2.45, 2.75) is 0 Å². The maximum absolute atomic E-state index is 12.1. The number of hydrogen-bond donors (Lipinski definition) is 1. The van der Waals surface area contributed by atoms with Crippen molar-refractivity contribution < 1.29 is 24.1 Å². The van der Waals surface area contributed by atoms with Crippen molar-refractivity contribution >= 4 is 23.5 Å². The Balaban J connectivity index is 1.68. The van der Waals surface area contributed by atoms with Crippen LogP contribution in [0.25, 0.3) is 0 Å². The highest BCUT2D eigenvalue weighted by atomic mass is 16.6. The van der Waals surface area contributed by atoms with Crippen molar-refractivity contribution in [1.82, 2.24) is 10.4 Å². The second kappa shape index (κ2) is 9.75. The van der Waals surface area contributed by atoms with Crippen molar-refractivity contribution in [3.05, 3.63) is 92.1 Å². The van der Waals surface area contributed by atoms with Gasteiger partial charge in [0.25, 0.3) is 17.3 Å². The van der Waals surface area contributed by atoms with Gasteiger partial charge in [0.2, 0.25) is 5.88 Å². The van der Waals surface area contributed by atoms with E-state index in [9.17, 15) is 25.0 Å². The van der Waals surface area contributed by atoms with Crippen molar-refractivity contribution in [2.24, 2.45) is 5.10 Å². The Labute approximate surface area is 180 Å². The van der Waals surface area contributed by atoms with Crippen molar-refractivity contribution in [3.8, 4) is 17.4 Å². The summed E-state index contributed by atoms with van der Waals surface area (Å²) in [4.78, 5) is 36.3. The van der Waals surface area contributed by atoms with Crippen LogP contribution in [0.15, 0.2) is 65.9 Å². The van der Waals surface area contributed by atoms with Crippen LogP contribution in [-0.4, -0.2) is 34.1 Å². The van der Waals surface area contributed by atoms with E-state index >= 15 is 0 Å². The highest BCUT2D eigenvalue weighted by molar-refractivity contribution is 5.95. The van der Waals surface area contributed by atoms with Gasteiger partial charge in [0.1, 0.15) is 6.20 Å². The number of hydrogen-bond acceptors (Lipinski definition) is 9. The summed E-state index contributed by atoms with van der Waals surface area (Å²) in [6.45, 7) is 0. The first-order chi connectivity index (χ1) is 15.4. The van der Waals surface area contributed by atoms with E-state index in [1.165, 1.54) is 43.7 Å². The Morgan fingerprint density at radius 3 is 2.47 bits per heavy atom. The van der Waals surface area contributed by atoms with Gasteiger partial charge in [-0.3, -0.25) is 25.0 Å². The van der Waals surface area contributed by atoms with Gasteiger partial charge in [-0.05, 0) is 29.8 Å². The average molecular weight is 437 g/mol. The zero-order valence-corrected chi connectivity index (χ0v) is 16.5. The van der Waals surface area contributed by atoms with Gasteiger partial charge in [0.05, 0.1) is 23.2 Å². The Hall–Kier alpha value is -4.87. The topological polar surface area (TPSA) is 159 Å². The van der Waals surface area contributed by atoms with E-state index in [2.05, 4.69) is 15.5 Å². The van der Waals surface area contributed by atoms with E-state index in [0.717, 1.165) is 12.3 Å². The molecule has 3 rings (SSSR count). The lowest BCUT2D eigenvalue weighted by molar-refractivity contribution is -0.385. The number of pyridine rings is 1. The molecule has 2 aromatic carbocycles. The van der Waals surface area contributed by atoms with Crippen LogP contribution < -0.4 is 14.9 Å². The molecule has 0 spiro atoms. The van der Waals surface area contributed by atoms with E-state index in [4.69, 9.17) is 9.47 Å². The minimum Gasteiger partial charge on any atom is -0.493 e. The molecule has 0 saturated carbocycles. The number of carbonyl (C=O) groups is 1. The average Bonchev–Trinajstić information content (AvgIpc) is 2.80. The Bertz CT molecular complexity index is 1200. The van der Waals surface area contributed by atoms with Gasteiger partial charge in [0.15, 0.2) is 11.5 Å². The molecule has 0 saturated heterocycles. The van der Waals surface area contributed by atoms with Gasteiger partial charge in [-0.1, -0.05) is 6.07 Å². The second-order valence-corrected chi connectivity index (χ2v) is 6.13. The predicted octanol–water partition coefficient (Wildman–Crippen LogP) is 3.46. The number of methoxy groups -OCH3 is 1. The van der Waals surface area contributed by atoms with E-state index in [1.807, 2.05) is 0 Å². The summed E-state index contributed by atoms with van der Waals surface area (Å²) in [7, 11) is 1.43. The highest BCUT2D eigenvalue weighted by Gasteiger charge is 2.12. The van der Waals surface area contributed by atoms with E-state index < -0.39 is 15.8 Å². The van der Waals surface area contributed by atoms with Crippen LogP contribution in [0.2, 0.25) is 0 Å². The fourth-order valence-electron chi connectivity index (χ4n) is 2.49. The first kappa shape index (κ1) is 21.8. The molecule has 0 fully saturated rings. The van der Waals surface area contributed by atoms with Gasteiger partial charge in [-0.2, -0.15) is 5.10 Å². The third-order valence-corrected chi connectivity index (χ3v) is 4.03. The number of aromatic nitrogens is 1. The summed E-state index contributed by atoms with van der Waals surface area (Å²) in [5, 5.41) is 25.4. The number of hydrazone groups is 1. The molecule has 12 heteroatoms. The van der Waals surface area contributed by atoms with Gasteiger partial charge >= 0.3 is 0 Å². The molecule has 0 radical (unpaired) electrons. The molecule has 0 aliphatic heterocycles. The summed E-state index contributed by atoms with van der Waals surface area (Å²) in [6, 6.07) is 12.7. The second-order valence-electron chi connectivity index (χ2n) is 6.13. The molecule has 0 aliphatic rings. The molecule has 32 heavy (non-hydrogen) atoms. The maximum Gasteiger partial charge on any atom is 0.287 e. The normalized spacial score (nSPS) is 10.5. The van der Waals surface area contributed by atoms with Gasteiger partial charge < -0.3 is 9.47 Å². The SMILES string of the molecule is COc1cc(/C=N\NC(=O)c2cccc([N+](=O)[O-])c2)ccc1Oc1ccc([N+](=O)[O-])cn1. The quantitative estimate of drug-likeness (QED) is 0.318. The van der Waals surface area contributed by atoms with Crippen molar-refractivity contribution in [1.29, 1.82) is 0 Å². The minimum absolute atomic E-state index is 0.0910. The largest absolute Gasteiger partial charge is 0.493 e. The smallest absolute Gasteiger partial charge is 0.287 e. The molecule has 0 unspecified atom stereocenters. The number of amides is 1. The van der Waals surface area contributed by atoms with Crippen molar-refractivity contribution in [3.63, 3.8) is 0 Å². The van der Waals surface area contributed by atoms with E-state index in [1.54, 1.807) is 18.2 Å². The van der Waals surface area contributed by atoms with Crippen LogP contribution in [-0.2, 0) is 0 Å². The van der Waals surface area contributed by atoms with Crippen LogP contribution >= 0.6 is 0 Å². The summed E-state index contributed by atoms with van der Waals surface area (Å²) >= 11 is 0. The zero-order chi connectivity index (χ0) is 23.1. The third kappa shape index (κ3) is 5.38. The minimum atomic E-state index is -0.610. The molecule has 12 nitrogen and oxygen atoms in total. The molecule has 1 amide bonds. The number of nitro benzene ring substituents is 1. The summed E-state index contributed by atoms with van der Waals surface area (Å²) in [5.41, 5.74) is 2.57. The fraction of sp³-hybridized carbons (Fsp3) is 0.0500. The summed E-state index contributed by atoms with van der Waals surface area (Å²) in [5.74, 6) is 0.173. The van der Waals surface area contributed by atoms with Crippen LogP contribution in [0.1, 0.15) is 15.9 Å². The fourth-order valence-corrected chi connectivity index (χ4v) is 2.49. The molecular weight excluding hydrogens is 422 g/mol. The third-order valence-electron chi connectivity index (χ3n) is 4.03. The number of nitrogens with zero attached hydrogens (tertiary/aromatic N) is 4. The first-order valence-electron chi connectivity index (χ1n) is 8.91. The number of non-ortho nitro benzene ring substituents is 1. The molecule has 0 aliphatic carbocycles. The molecule has 1 N–H and O–H groups in total. The van der Waals surface area contributed by atoms with E-state index in [-0.39, 0.29) is 22.8 Å². The molecule has 1 aromatic heterocycles. The number of carbonyl (C=O) groups excluding carboxylic acids is 1. The van der Waals surface area contributed by atoms with Gasteiger partial charge in [0, 0.05) is 29.8 Å². The van der Waals surface area contributed by atoms with Gasteiger partial charge in [-0.15, -0.1) is 0 Å². The van der Waals surface area contributed by atoms with Crippen molar-refractivity contribution in [2.75, 3.05) is 7.11 Å². The number of nitro groups is 2. The molecule has 0 atom stereocenters. The maximum atomic E-state index is 12.1. The highest BCUT2D eigenvalue weighted by Crippen LogP contribution is 2.31. The monoisotopic (exact) mass is 437 g/mol. The summed E-state index contributed by atoms with van der Waals surface area (Å²) < 4.78 is 10.9. The standard InChI is InChI=1S/C20H15N5O7/c1-31-18-9-13(5-7-17(18)32-19-8-6-16(12-21-19)25(29)30)11-22-23-20(26)14-3-2-4-15(10-14)24(27)28/h2-12H,1H3,(H,23,26)/b22-11-. The zero-order valence-electron chi connectivity index (χ0n) is 16.5. The molecule has 1 heterocycles. The first-order valence-corrected chi connectivity index (χ1v) is 8.91. The number of rotatable bonds is 8. The van der Waals surface area contributed by atoms with Crippen LogP contribution in [0.3, 0.4) is 0 Å². The number of ether oxygens (including phenoxy) is 2. The number of benzene rings is 2. The summed E-state index contributed by atoms with van der Waals surface area (Å²) in [6.07, 6.45) is 2.43. The van der Waals surface area contributed by atoms with Gasteiger partial charge in [-0.25, -0.2) is 10.4 Å². The van der Waals surface area contributed by atoms with Crippen LogP contribution in [0.5, 0.6) is 17.4 Å². The Morgan fingerprint density at radius 2 is 1.81 bits per heavy atom. The molecule has 0 bridgehead atoms. The molecule has 162 valence electrons. The van der Waals surface area contributed by atoms with Crippen LogP contribution in [0, 0.1) is 20.2 Å². The Morgan fingerprint density at radius 1 is 1.03 bits per heavy atom. The predicted molar refractivity (Wildman–Crippen MR) is 112 cm³/mol.